The van der Waals surface area contributed by atoms with Crippen molar-refractivity contribution in [2.45, 2.75) is 25.9 Å². The molecule has 1 saturated heterocycles. The van der Waals surface area contributed by atoms with Gasteiger partial charge in [0.25, 0.3) is 0 Å². The van der Waals surface area contributed by atoms with E-state index in [0.29, 0.717) is 5.92 Å². The van der Waals surface area contributed by atoms with Gasteiger partial charge < -0.3 is 14.9 Å². The van der Waals surface area contributed by atoms with Crippen LogP contribution in [0.3, 0.4) is 0 Å². The molecule has 2 atom stereocenters. The van der Waals surface area contributed by atoms with Gasteiger partial charge in [0.2, 0.25) is 0 Å². The standard InChI is InChI=1S/C17H26F2N2O/c1-3-8-20(2)10-13-7-9-21(11-13)12-16(22)17-14(18)5-4-6-15(17)19/h4-6,13,16,22H,3,7-12H2,1-2H3. The highest BCUT2D eigenvalue weighted by Gasteiger charge is 2.27. The zero-order chi connectivity index (χ0) is 16.1. The summed E-state index contributed by atoms with van der Waals surface area (Å²) in [6.07, 6.45) is 1.09. The molecule has 5 heteroatoms. The van der Waals surface area contributed by atoms with E-state index < -0.39 is 17.7 Å². The molecule has 22 heavy (non-hydrogen) atoms. The van der Waals surface area contributed by atoms with Crippen LogP contribution < -0.4 is 0 Å². The molecule has 0 aromatic heterocycles. The van der Waals surface area contributed by atoms with Crippen molar-refractivity contribution in [1.82, 2.24) is 9.80 Å². The highest BCUT2D eigenvalue weighted by Crippen LogP contribution is 2.24. The maximum atomic E-state index is 13.7. The average Bonchev–Trinajstić information content (AvgIpc) is 2.85. The van der Waals surface area contributed by atoms with Crippen LogP contribution in [0.25, 0.3) is 0 Å². The Hall–Kier alpha value is -1.04. The van der Waals surface area contributed by atoms with E-state index in [-0.39, 0.29) is 12.1 Å². The lowest BCUT2D eigenvalue weighted by atomic mass is 10.1. The average molecular weight is 312 g/mol. The van der Waals surface area contributed by atoms with Gasteiger partial charge in [-0.25, -0.2) is 8.78 Å². The first kappa shape index (κ1) is 17.3. The van der Waals surface area contributed by atoms with Crippen molar-refractivity contribution in [2.75, 3.05) is 39.8 Å². The number of aliphatic hydroxyl groups is 1. The minimum atomic E-state index is -1.12. The fourth-order valence-electron chi connectivity index (χ4n) is 3.31. The normalized spacial score (nSPS) is 20.7. The topological polar surface area (TPSA) is 26.7 Å². The lowest BCUT2D eigenvalue weighted by Crippen LogP contribution is -2.31. The number of β-amino-alcohol motifs (C(OH)–C–C–N with tert-alkyl or cyclic N) is 1. The Labute approximate surface area is 131 Å². The minimum absolute atomic E-state index is 0.214. The maximum absolute atomic E-state index is 13.7. The second-order valence-corrected chi connectivity index (χ2v) is 6.33. The van der Waals surface area contributed by atoms with E-state index in [0.717, 1.165) is 39.0 Å². The number of hydrogen-bond acceptors (Lipinski definition) is 3. The van der Waals surface area contributed by atoms with Crippen molar-refractivity contribution in [1.29, 1.82) is 0 Å². The van der Waals surface area contributed by atoms with Gasteiger partial charge in [0.15, 0.2) is 0 Å². The highest BCUT2D eigenvalue weighted by molar-refractivity contribution is 5.22. The molecule has 1 aromatic rings. The van der Waals surface area contributed by atoms with E-state index in [9.17, 15) is 13.9 Å². The first-order valence-electron chi connectivity index (χ1n) is 8.04. The summed E-state index contributed by atoms with van der Waals surface area (Å²) in [6.45, 7) is 6.32. The van der Waals surface area contributed by atoms with Gasteiger partial charge in [0.1, 0.15) is 11.6 Å². The summed E-state index contributed by atoms with van der Waals surface area (Å²) in [5.41, 5.74) is -0.214. The van der Waals surface area contributed by atoms with Crippen molar-refractivity contribution < 1.29 is 13.9 Å². The van der Waals surface area contributed by atoms with Crippen molar-refractivity contribution in [2.24, 2.45) is 5.92 Å². The third-order valence-corrected chi connectivity index (χ3v) is 4.31. The van der Waals surface area contributed by atoms with Gasteiger partial charge in [-0.3, -0.25) is 0 Å². The fraction of sp³-hybridized carbons (Fsp3) is 0.647. The Morgan fingerprint density at radius 2 is 2.05 bits per heavy atom. The first-order chi connectivity index (χ1) is 10.5. The van der Waals surface area contributed by atoms with E-state index >= 15 is 0 Å². The predicted octanol–water partition coefficient (Wildman–Crippen LogP) is 2.66. The first-order valence-corrected chi connectivity index (χ1v) is 8.04. The van der Waals surface area contributed by atoms with Crippen molar-refractivity contribution in [3.05, 3.63) is 35.4 Å². The zero-order valence-corrected chi connectivity index (χ0v) is 13.4. The molecule has 0 amide bonds. The van der Waals surface area contributed by atoms with E-state index in [2.05, 4.69) is 23.8 Å². The number of halogens is 2. The van der Waals surface area contributed by atoms with E-state index in [1.54, 1.807) is 0 Å². The highest BCUT2D eigenvalue weighted by atomic mass is 19.1. The Balaban J connectivity index is 1.87. The molecule has 0 bridgehead atoms. The second-order valence-electron chi connectivity index (χ2n) is 6.33. The Morgan fingerprint density at radius 3 is 2.68 bits per heavy atom. The molecule has 0 radical (unpaired) electrons. The molecule has 0 spiro atoms. The van der Waals surface area contributed by atoms with Gasteiger partial charge in [-0.2, -0.15) is 0 Å². The number of benzene rings is 1. The van der Waals surface area contributed by atoms with Gasteiger partial charge in [-0.1, -0.05) is 13.0 Å². The molecule has 124 valence electrons. The van der Waals surface area contributed by atoms with Crippen LogP contribution in [0.2, 0.25) is 0 Å². The number of aliphatic hydroxyl groups excluding tert-OH is 1. The number of hydrogen-bond donors (Lipinski definition) is 1. The summed E-state index contributed by atoms with van der Waals surface area (Å²) < 4.78 is 27.4. The van der Waals surface area contributed by atoms with Crippen LogP contribution in [0.4, 0.5) is 8.78 Å². The van der Waals surface area contributed by atoms with E-state index in [1.807, 2.05) is 0 Å². The van der Waals surface area contributed by atoms with Crippen LogP contribution in [0.1, 0.15) is 31.4 Å². The number of rotatable bonds is 7. The van der Waals surface area contributed by atoms with Crippen molar-refractivity contribution >= 4 is 0 Å². The van der Waals surface area contributed by atoms with Gasteiger partial charge >= 0.3 is 0 Å². The van der Waals surface area contributed by atoms with Crippen LogP contribution in [0, 0.1) is 17.6 Å². The lowest BCUT2D eigenvalue weighted by molar-refractivity contribution is 0.116. The SMILES string of the molecule is CCCN(C)CC1CCN(CC(O)c2c(F)cccc2F)C1. The lowest BCUT2D eigenvalue weighted by Gasteiger charge is -2.23. The van der Waals surface area contributed by atoms with Crippen LogP contribution in [0.15, 0.2) is 18.2 Å². The third kappa shape index (κ3) is 4.48. The molecule has 0 aliphatic carbocycles. The summed E-state index contributed by atoms with van der Waals surface area (Å²) in [7, 11) is 2.12. The molecule has 2 unspecified atom stereocenters. The van der Waals surface area contributed by atoms with Gasteiger partial charge in [0, 0.05) is 19.6 Å². The van der Waals surface area contributed by atoms with Gasteiger partial charge in [-0.05, 0) is 51.0 Å². The quantitative estimate of drug-likeness (QED) is 0.838. The molecular weight excluding hydrogens is 286 g/mol. The molecule has 2 rings (SSSR count). The summed E-state index contributed by atoms with van der Waals surface area (Å²) in [5.74, 6) is -0.786. The molecule has 1 N–H and O–H groups in total. The number of nitrogens with zero attached hydrogens (tertiary/aromatic N) is 2. The van der Waals surface area contributed by atoms with Crippen molar-refractivity contribution in [3.63, 3.8) is 0 Å². The van der Waals surface area contributed by atoms with Crippen molar-refractivity contribution in [3.8, 4) is 0 Å². The Bertz CT molecular complexity index is 463. The number of likely N-dealkylation sites (tertiary alicyclic amines) is 1. The second kappa shape index (κ2) is 7.99. The molecule has 3 nitrogen and oxygen atoms in total. The van der Waals surface area contributed by atoms with E-state index in [4.69, 9.17) is 0 Å². The summed E-state index contributed by atoms with van der Waals surface area (Å²) in [4.78, 5) is 4.42. The van der Waals surface area contributed by atoms with Crippen LogP contribution in [-0.4, -0.2) is 54.7 Å². The molecule has 1 heterocycles. The summed E-state index contributed by atoms with van der Waals surface area (Å²) in [5, 5.41) is 10.2. The fourth-order valence-corrected chi connectivity index (χ4v) is 3.31. The van der Waals surface area contributed by atoms with Crippen LogP contribution in [0.5, 0.6) is 0 Å². The predicted molar refractivity (Wildman–Crippen MR) is 83.7 cm³/mol. The Morgan fingerprint density at radius 1 is 1.36 bits per heavy atom. The van der Waals surface area contributed by atoms with E-state index in [1.165, 1.54) is 18.2 Å². The summed E-state index contributed by atoms with van der Waals surface area (Å²) >= 11 is 0. The van der Waals surface area contributed by atoms with Gasteiger partial charge in [-0.15, -0.1) is 0 Å². The molecule has 1 aliphatic heterocycles. The molecule has 1 aromatic carbocycles. The zero-order valence-electron chi connectivity index (χ0n) is 13.4. The monoisotopic (exact) mass is 312 g/mol. The Kier molecular flexibility index (Phi) is 6.29. The van der Waals surface area contributed by atoms with Crippen LogP contribution in [-0.2, 0) is 0 Å². The molecule has 1 fully saturated rings. The molecule has 1 aliphatic rings. The third-order valence-electron chi connectivity index (χ3n) is 4.31. The minimum Gasteiger partial charge on any atom is -0.387 e. The summed E-state index contributed by atoms with van der Waals surface area (Å²) in [6, 6.07) is 3.69. The smallest absolute Gasteiger partial charge is 0.131 e. The maximum Gasteiger partial charge on any atom is 0.131 e. The van der Waals surface area contributed by atoms with Crippen LogP contribution >= 0.6 is 0 Å². The molecule has 0 saturated carbocycles. The largest absolute Gasteiger partial charge is 0.387 e. The van der Waals surface area contributed by atoms with Gasteiger partial charge in [0.05, 0.1) is 11.7 Å². The molecular formula is C17H26F2N2O.